The zero-order valence-electron chi connectivity index (χ0n) is 14.8. The molecule has 5 heteroatoms. The van der Waals surface area contributed by atoms with Gasteiger partial charge >= 0.3 is 0 Å². The molecule has 0 atom stereocenters. The van der Waals surface area contributed by atoms with Crippen molar-refractivity contribution in [2.24, 2.45) is 5.92 Å². The Morgan fingerprint density at radius 2 is 1.85 bits per heavy atom. The van der Waals surface area contributed by atoms with E-state index in [1.807, 2.05) is 35.1 Å². The Morgan fingerprint density at radius 3 is 2.54 bits per heavy atom. The SMILES string of the molecule is OCC1CCN(Cc2cn(-c3ccccc3)nc2-c2cccnc2)CC1. The molecule has 1 aromatic carbocycles. The Balaban J connectivity index is 1.63. The van der Waals surface area contributed by atoms with Gasteiger partial charge < -0.3 is 5.11 Å². The second-order valence-electron chi connectivity index (χ2n) is 6.93. The molecule has 3 aromatic rings. The minimum atomic E-state index is 0.306. The Hall–Kier alpha value is -2.50. The molecule has 0 amide bonds. The summed E-state index contributed by atoms with van der Waals surface area (Å²) in [4.78, 5) is 6.72. The third kappa shape index (κ3) is 3.69. The third-order valence-corrected chi connectivity index (χ3v) is 5.11. The molecule has 0 radical (unpaired) electrons. The van der Waals surface area contributed by atoms with E-state index in [0.717, 1.165) is 49.4 Å². The zero-order valence-corrected chi connectivity index (χ0v) is 14.8. The van der Waals surface area contributed by atoms with Gasteiger partial charge in [0.15, 0.2) is 0 Å². The molecule has 2 aromatic heterocycles. The topological polar surface area (TPSA) is 54.2 Å². The molecule has 5 nitrogen and oxygen atoms in total. The lowest BCUT2D eigenvalue weighted by molar-refractivity contribution is 0.127. The summed E-state index contributed by atoms with van der Waals surface area (Å²) in [5, 5.41) is 14.2. The van der Waals surface area contributed by atoms with E-state index >= 15 is 0 Å². The van der Waals surface area contributed by atoms with E-state index in [2.05, 4.69) is 34.3 Å². The van der Waals surface area contributed by atoms with Gasteiger partial charge in [-0.25, -0.2) is 4.68 Å². The van der Waals surface area contributed by atoms with Gasteiger partial charge in [0.25, 0.3) is 0 Å². The van der Waals surface area contributed by atoms with Gasteiger partial charge in [0, 0.05) is 42.9 Å². The summed E-state index contributed by atoms with van der Waals surface area (Å²) in [6.45, 7) is 3.22. The van der Waals surface area contributed by atoms with Gasteiger partial charge in [-0.1, -0.05) is 18.2 Å². The minimum absolute atomic E-state index is 0.306. The van der Waals surface area contributed by atoms with Crippen molar-refractivity contribution in [3.8, 4) is 16.9 Å². The predicted octanol–water partition coefficient (Wildman–Crippen LogP) is 3.14. The van der Waals surface area contributed by atoms with Crippen molar-refractivity contribution in [1.29, 1.82) is 0 Å². The van der Waals surface area contributed by atoms with Gasteiger partial charge in [0.1, 0.15) is 0 Å². The predicted molar refractivity (Wildman–Crippen MR) is 102 cm³/mol. The average molecular weight is 348 g/mol. The Bertz CT molecular complexity index is 824. The Kier molecular flexibility index (Phi) is 5.09. The number of pyridine rings is 1. The molecule has 1 saturated heterocycles. The van der Waals surface area contributed by atoms with Crippen molar-refractivity contribution in [3.63, 3.8) is 0 Å². The first-order valence-electron chi connectivity index (χ1n) is 9.21. The maximum absolute atomic E-state index is 9.35. The van der Waals surface area contributed by atoms with E-state index in [1.165, 1.54) is 5.56 Å². The highest BCUT2D eigenvalue weighted by molar-refractivity contribution is 5.62. The molecule has 3 heterocycles. The summed E-state index contributed by atoms with van der Waals surface area (Å²) in [6.07, 6.45) is 7.92. The fourth-order valence-corrected chi connectivity index (χ4v) is 3.55. The standard InChI is InChI=1S/C21H24N4O/c26-16-17-8-11-24(12-9-17)14-19-15-25(20-6-2-1-3-7-20)23-21(19)18-5-4-10-22-13-18/h1-7,10,13,15,17,26H,8-9,11-12,14,16H2. The lowest BCUT2D eigenvalue weighted by atomic mass is 9.97. The van der Waals surface area contributed by atoms with Gasteiger partial charge in [-0.3, -0.25) is 9.88 Å². The van der Waals surface area contributed by atoms with Crippen LogP contribution in [0.15, 0.2) is 61.1 Å². The highest BCUT2D eigenvalue weighted by Crippen LogP contribution is 2.26. The number of aromatic nitrogens is 3. The molecule has 134 valence electrons. The van der Waals surface area contributed by atoms with E-state index in [1.54, 1.807) is 6.20 Å². The second-order valence-corrected chi connectivity index (χ2v) is 6.93. The normalized spacial score (nSPS) is 16.0. The molecule has 0 spiro atoms. The highest BCUT2D eigenvalue weighted by atomic mass is 16.3. The Labute approximate surface area is 153 Å². The quantitative estimate of drug-likeness (QED) is 0.770. The van der Waals surface area contributed by atoms with Gasteiger partial charge in [0.05, 0.1) is 11.4 Å². The van der Waals surface area contributed by atoms with E-state index < -0.39 is 0 Å². The first-order valence-corrected chi connectivity index (χ1v) is 9.21. The smallest absolute Gasteiger partial charge is 0.0988 e. The van der Waals surface area contributed by atoms with E-state index in [-0.39, 0.29) is 0 Å². The molecule has 0 bridgehead atoms. The van der Waals surface area contributed by atoms with Crippen molar-refractivity contribution in [2.45, 2.75) is 19.4 Å². The molecule has 0 aliphatic carbocycles. The van der Waals surface area contributed by atoms with Crippen molar-refractivity contribution in [3.05, 3.63) is 66.6 Å². The van der Waals surface area contributed by atoms with Crippen molar-refractivity contribution in [1.82, 2.24) is 19.7 Å². The molecular formula is C21H24N4O. The third-order valence-electron chi connectivity index (χ3n) is 5.11. The fourth-order valence-electron chi connectivity index (χ4n) is 3.55. The molecule has 1 aliphatic heterocycles. The van der Waals surface area contributed by atoms with E-state index in [9.17, 15) is 5.11 Å². The summed E-state index contributed by atoms with van der Waals surface area (Å²) in [5.74, 6) is 0.455. The van der Waals surface area contributed by atoms with E-state index in [4.69, 9.17) is 5.10 Å². The van der Waals surface area contributed by atoms with Gasteiger partial charge in [0.2, 0.25) is 0 Å². The molecule has 1 fully saturated rings. The molecule has 4 rings (SSSR count). The summed E-state index contributed by atoms with van der Waals surface area (Å²) in [5.41, 5.74) is 4.31. The molecule has 1 N–H and O–H groups in total. The number of likely N-dealkylation sites (tertiary alicyclic amines) is 1. The van der Waals surface area contributed by atoms with E-state index in [0.29, 0.717) is 12.5 Å². The van der Waals surface area contributed by atoms with Crippen LogP contribution in [-0.4, -0.2) is 44.5 Å². The number of nitrogens with zero attached hydrogens (tertiary/aromatic N) is 4. The van der Waals surface area contributed by atoms with Crippen molar-refractivity contribution in [2.75, 3.05) is 19.7 Å². The van der Waals surface area contributed by atoms with Crippen molar-refractivity contribution < 1.29 is 5.11 Å². The monoisotopic (exact) mass is 348 g/mol. The highest BCUT2D eigenvalue weighted by Gasteiger charge is 2.21. The number of piperidine rings is 1. The Morgan fingerprint density at radius 1 is 1.04 bits per heavy atom. The molecule has 0 unspecified atom stereocenters. The van der Waals surface area contributed by atoms with Crippen LogP contribution >= 0.6 is 0 Å². The molecule has 1 aliphatic rings. The number of aliphatic hydroxyl groups excluding tert-OH is 1. The summed E-state index contributed by atoms with van der Waals surface area (Å²) in [7, 11) is 0. The zero-order chi connectivity index (χ0) is 17.8. The summed E-state index contributed by atoms with van der Waals surface area (Å²) >= 11 is 0. The van der Waals surface area contributed by atoms with Crippen LogP contribution in [0.25, 0.3) is 16.9 Å². The number of benzene rings is 1. The van der Waals surface area contributed by atoms with Crippen LogP contribution in [0, 0.1) is 5.92 Å². The number of para-hydroxylation sites is 1. The number of hydrogen-bond donors (Lipinski definition) is 1. The van der Waals surface area contributed by atoms with Crippen LogP contribution < -0.4 is 0 Å². The first-order chi connectivity index (χ1) is 12.8. The maximum Gasteiger partial charge on any atom is 0.0988 e. The summed E-state index contributed by atoms with van der Waals surface area (Å²) < 4.78 is 1.96. The van der Waals surface area contributed by atoms with Gasteiger partial charge in [-0.2, -0.15) is 5.10 Å². The van der Waals surface area contributed by atoms with Crippen LogP contribution in [0.4, 0.5) is 0 Å². The largest absolute Gasteiger partial charge is 0.396 e. The summed E-state index contributed by atoms with van der Waals surface area (Å²) in [6, 6.07) is 14.2. The number of rotatable bonds is 5. The van der Waals surface area contributed by atoms with Gasteiger partial charge in [-0.15, -0.1) is 0 Å². The lowest BCUT2D eigenvalue weighted by Gasteiger charge is -2.30. The maximum atomic E-state index is 9.35. The average Bonchev–Trinajstić information content (AvgIpc) is 3.14. The lowest BCUT2D eigenvalue weighted by Crippen LogP contribution is -2.34. The van der Waals surface area contributed by atoms with Crippen LogP contribution in [0.5, 0.6) is 0 Å². The molecule has 0 saturated carbocycles. The van der Waals surface area contributed by atoms with Gasteiger partial charge in [-0.05, 0) is 56.1 Å². The molecular weight excluding hydrogens is 324 g/mol. The second kappa shape index (κ2) is 7.81. The number of aliphatic hydroxyl groups is 1. The van der Waals surface area contributed by atoms with Crippen LogP contribution in [0.3, 0.4) is 0 Å². The number of hydrogen-bond acceptors (Lipinski definition) is 4. The minimum Gasteiger partial charge on any atom is -0.396 e. The fraction of sp³-hybridized carbons (Fsp3) is 0.333. The first kappa shape index (κ1) is 16.9. The molecule has 26 heavy (non-hydrogen) atoms. The van der Waals surface area contributed by atoms with Crippen LogP contribution in [-0.2, 0) is 6.54 Å². The van der Waals surface area contributed by atoms with Crippen LogP contribution in [0.1, 0.15) is 18.4 Å². The van der Waals surface area contributed by atoms with Crippen LogP contribution in [0.2, 0.25) is 0 Å². The van der Waals surface area contributed by atoms with Crippen molar-refractivity contribution >= 4 is 0 Å².